The lowest BCUT2D eigenvalue weighted by Gasteiger charge is -2.34. The monoisotopic (exact) mass is 1960 g/mol. The molecule has 0 aliphatic heterocycles. The van der Waals surface area contributed by atoms with Gasteiger partial charge in [-0.05, 0) is 151 Å². The van der Waals surface area contributed by atoms with E-state index >= 15 is 0 Å². The first-order chi connectivity index (χ1) is 64.9. The SMILES string of the molecule is CC[C@H](C)[C@H](NC(=O)[C@@H](NC(=O)C(C)(C)NC(=O)[C@@H](NC(=O)[C@H](Cc1ccccc1)NC(=O)C(C)(C)NC(=O)[C@@H](NC(=O)[C@@H](NC(=O)[C@@H](NC(=O)C(C)(C)NC(=O)CNC(=O)[C@@H](NC(=O)OC(C)(C)C)C(C)C)C(C)C)C(C)C)[C@@H](C)CC)C(C)C)C(C)C)C(=O)NCC(=O)N[C@H](C(=O)N[C@@H](Cc1ccccc1)[C@H](O)CN(Cc1ccccc1)C(=O)N[C@@H](CC(C)C)C(=O)N[C@H](C(N)=O)C(C)C)C(C)C. The number of primary amides is 1. The number of nitrogens with one attached hydrogen (secondary N) is 17. The summed E-state index contributed by atoms with van der Waals surface area (Å²) in [5.74, 6) is -17.7. The van der Waals surface area contributed by atoms with Crippen molar-refractivity contribution in [1.29, 1.82) is 0 Å². The van der Waals surface area contributed by atoms with Crippen molar-refractivity contribution in [1.82, 2.24) is 95.3 Å². The summed E-state index contributed by atoms with van der Waals surface area (Å²) in [4.78, 5) is 254. The van der Waals surface area contributed by atoms with E-state index in [2.05, 4.69) is 90.4 Å². The number of aliphatic hydroxyl groups excluding tert-OH is 1. The summed E-state index contributed by atoms with van der Waals surface area (Å²) in [6, 6.07) is 10.7. The number of benzene rings is 3. The van der Waals surface area contributed by atoms with E-state index in [0.717, 1.165) is 0 Å². The zero-order chi connectivity index (χ0) is 107. The summed E-state index contributed by atoms with van der Waals surface area (Å²) in [6.07, 6.45) is -1.57. The average Bonchev–Trinajstić information content (AvgIpc) is 0.840. The fourth-order valence-corrected chi connectivity index (χ4v) is 14.7. The predicted molar refractivity (Wildman–Crippen MR) is 532 cm³/mol. The number of alkyl carbamates (subject to hydrolysis) is 1. The number of urea groups is 1. The molecule has 39 heteroatoms. The maximum Gasteiger partial charge on any atom is 0.408 e. The van der Waals surface area contributed by atoms with Gasteiger partial charge in [-0.1, -0.05) is 242 Å². The van der Waals surface area contributed by atoms with Gasteiger partial charge in [0.15, 0.2) is 0 Å². The quantitative estimate of drug-likeness (QED) is 0.0375. The Kier molecular flexibility index (Phi) is 48.9. The molecule has 0 saturated heterocycles. The molecule has 15 atom stereocenters. The highest BCUT2D eigenvalue weighted by molar-refractivity contribution is 6.02. The van der Waals surface area contributed by atoms with Crippen LogP contribution >= 0.6 is 0 Å². The van der Waals surface area contributed by atoms with Gasteiger partial charge in [0.2, 0.25) is 94.5 Å². The smallest absolute Gasteiger partial charge is 0.408 e. The Morgan fingerprint density at radius 1 is 0.343 bits per heavy atom. The second-order valence-corrected chi connectivity index (χ2v) is 41.8. The number of hydrogen-bond acceptors (Lipinski definition) is 20. The van der Waals surface area contributed by atoms with Crippen molar-refractivity contribution in [3.05, 3.63) is 108 Å². The van der Waals surface area contributed by atoms with Crippen molar-refractivity contribution >= 4 is 107 Å². The van der Waals surface area contributed by atoms with Crippen LogP contribution in [0.25, 0.3) is 0 Å². The lowest BCUT2D eigenvalue weighted by molar-refractivity contribution is -0.139. The summed E-state index contributed by atoms with van der Waals surface area (Å²) < 4.78 is 5.29. The summed E-state index contributed by atoms with van der Waals surface area (Å²) in [5.41, 5.74) is 1.41. The summed E-state index contributed by atoms with van der Waals surface area (Å²) >= 11 is 0. The van der Waals surface area contributed by atoms with Gasteiger partial charge in [-0.2, -0.15) is 0 Å². The number of hydrogen-bond donors (Lipinski definition) is 19. The molecule has 3 aromatic rings. The maximum absolute atomic E-state index is 14.8. The Labute approximate surface area is 826 Å². The minimum Gasteiger partial charge on any atom is -0.444 e. The van der Waals surface area contributed by atoms with Gasteiger partial charge in [0, 0.05) is 13.0 Å². The van der Waals surface area contributed by atoms with Crippen molar-refractivity contribution in [3.63, 3.8) is 0 Å². The Bertz CT molecular complexity index is 4650. The van der Waals surface area contributed by atoms with Crippen LogP contribution in [-0.2, 0) is 101 Å². The molecule has 3 rings (SSSR count). The molecule has 0 fully saturated rings. The van der Waals surface area contributed by atoms with Gasteiger partial charge in [-0.3, -0.25) is 76.7 Å². The normalized spacial score (nSPS) is 15.1. The van der Waals surface area contributed by atoms with Crippen LogP contribution < -0.4 is 96.1 Å². The molecule has 3 aromatic carbocycles. The molecule has 0 unspecified atom stereocenters. The van der Waals surface area contributed by atoms with Gasteiger partial charge in [-0.15, -0.1) is 0 Å². The molecule has 0 radical (unpaired) electrons. The molecule has 140 heavy (non-hydrogen) atoms. The van der Waals surface area contributed by atoms with Gasteiger partial charge < -0.3 is 111 Å². The highest BCUT2D eigenvalue weighted by Gasteiger charge is 2.45. The van der Waals surface area contributed by atoms with Gasteiger partial charge in [-0.25, -0.2) is 9.59 Å². The molecular weight excluding hydrogens is 1800 g/mol. The number of aliphatic hydroxyl groups is 1. The van der Waals surface area contributed by atoms with Crippen molar-refractivity contribution in [2.24, 2.45) is 64.9 Å². The van der Waals surface area contributed by atoms with E-state index < -0.39 is 268 Å². The number of nitrogens with zero attached hydrogens (tertiary/aromatic N) is 1. The number of carbonyl (C=O) groups is 18. The first-order valence-corrected chi connectivity index (χ1v) is 48.6. The fraction of sp³-hybridized carbons (Fsp3) is 0.644. The molecule has 0 aromatic heterocycles. The highest BCUT2D eigenvalue weighted by Crippen LogP contribution is 2.22. The second-order valence-electron chi connectivity index (χ2n) is 41.8. The number of ether oxygens (including phenoxy) is 1. The highest BCUT2D eigenvalue weighted by atomic mass is 16.6. The molecule has 39 nitrogen and oxygen atoms in total. The van der Waals surface area contributed by atoms with Gasteiger partial charge >= 0.3 is 12.1 Å². The molecular formula is C101H163N19O20. The van der Waals surface area contributed by atoms with E-state index in [9.17, 15) is 91.4 Å². The lowest BCUT2D eigenvalue weighted by atomic mass is 9.94. The van der Waals surface area contributed by atoms with Crippen molar-refractivity contribution < 1.29 is 96.1 Å². The van der Waals surface area contributed by atoms with E-state index in [4.69, 9.17) is 10.5 Å². The van der Waals surface area contributed by atoms with Crippen LogP contribution in [0.15, 0.2) is 91.0 Å². The van der Waals surface area contributed by atoms with Crippen LogP contribution in [0.5, 0.6) is 0 Å². The summed E-state index contributed by atoms with van der Waals surface area (Å²) in [6.45, 7) is 45.5. The largest absolute Gasteiger partial charge is 0.444 e. The van der Waals surface area contributed by atoms with Crippen LogP contribution in [0.2, 0.25) is 0 Å². The third-order valence-corrected chi connectivity index (χ3v) is 23.8. The number of carbonyl (C=O) groups excluding carboxylic acids is 18. The van der Waals surface area contributed by atoms with Crippen molar-refractivity contribution in [2.75, 3.05) is 19.6 Å². The van der Waals surface area contributed by atoms with Crippen LogP contribution in [-0.4, -0.2) is 237 Å². The number of amides is 19. The van der Waals surface area contributed by atoms with E-state index in [1.807, 2.05) is 13.8 Å². The van der Waals surface area contributed by atoms with E-state index in [-0.39, 0.29) is 44.2 Å². The zero-order valence-corrected chi connectivity index (χ0v) is 87.5. The van der Waals surface area contributed by atoms with Crippen LogP contribution in [0, 0.1) is 59.2 Å². The minimum absolute atomic E-state index is 0.0466. The third-order valence-electron chi connectivity index (χ3n) is 23.8. The van der Waals surface area contributed by atoms with Gasteiger partial charge in [0.25, 0.3) is 0 Å². The van der Waals surface area contributed by atoms with Crippen molar-refractivity contribution in [3.8, 4) is 0 Å². The Morgan fingerprint density at radius 3 is 1.09 bits per heavy atom. The number of nitrogens with two attached hydrogens (primary N) is 1. The topological polar surface area (TPSA) is 570 Å². The summed E-state index contributed by atoms with van der Waals surface area (Å²) in [7, 11) is 0. The molecule has 0 bridgehead atoms. The number of rotatable bonds is 55. The predicted octanol–water partition coefficient (Wildman–Crippen LogP) is 4.29. The average molecular weight is 1960 g/mol. The van der Waals surface area contributed by atoms with Crippen LogP contribution in [0.3, 0.4) is 0 Å². The van der Waals surface area contributed by atoms with Crippen LogP contribution in [0.1, 0.15) is 237 Å². The Balaban J connectivity index is 1.81. The Hall–Kier alpha value is -12.3. The first-order valence-electron chi connectivity index (χ1n) is 48.6. The molecule has 782 valence electrons. The third kappa shape index (κ3) is 40.5. The molecule has 0 heterocycles. The first kappa shape index (κ1) is 122. The minimum atomic E-state index is -1.83. The van der Waals surface area contributed by atoms with E-state index in [1.54, 1.807) is 236 Å². The molecule has 20 N–H and O–H groups in total. The second kappa shape index (κ2) is 56.2. The van der Waals surface area contributed by atoms with E-state index in [1.165, 1.54) is 46.4 Å². The van der Waals surface area contributed by atoms with E-state index in [0.29, 0.717) is 29.5 Å². The van der Waals surface area contributed by atoms with Crippen LogP contribution in [0.4, 0.5) is 9.59 Å². The standard InChI is InChI=1S/C101H163N19O20/c1-30-62(19)80(86(128)103-50-71(122)108-75(57(9)10)87(129)105-67(48-64-41-35-32-36-42-64)70(121)53-120(52-66-45-39-34-40-46-66)96(138)107-68(47-54(3)4)83(125)109-73(55(5)6)82(102)124)112-90(132)78(60(15)16)115-95(137)101(28,29)118-91(133)79(61(17)18)110-84(126)69(49-65-43-37-33-38-44-65)106-93(135)100(26,27)119-92(134)81(63(20)31-2)113-88(130)76(58(11)12)111-89(131)77(59(13)14)114-94(136)99(24,25)117-72(123)51-104-85(127)74(56(7)8)116-97(139)140-98(21,22)23/h32-46,54-63,67-70,73-81,121H,30-31,47-53H2,1-29H3,(H2,102,124)(H,103,128)(H,104,127)(H,105,129)(H,106,135)(H,107,138)(H,108,122)(H,109,125)(H,110,126)(H,111,131)(H,112,132)(H,113,130)(H,114,136)(H,115,137)(H,116,139)(H,117,123)(H,118,133)(H,119,134)/t62-,63-,67-,68-,69-,70+,73-,74-,75-,76-,77-,78-,79-,80-,81-/m0/s1. The maximum atomic E-state index is 14.8. The van der Waals surface area contributed by atoms with Gasteiger partial charge in [0.1, 0.15) is 88.7 Å². The Morgan fingerprint density at radius 2 is 0.671 bits per heavy atom. The fourth-order valence-electron chi connectivity index (χ4n) is 14.7. The summed E-state index contributed by atoms with van der Waals surface area (Å²) in [5, 5.41) is 58.1. The lowest BCUT2D eigenvalue weighted by Crippen LogP contribution is -2.65. The molecule has 0 aliphatic rings. The molecule has 19 amide bonds. The molecule has 0 saturated carbocycles. The zero-order valence-electron chi connectivity index (χ0n) is 87.5. The van der Waals surface area contributed by atoms with Crippen molar-refractivity contribution in [2.45, 2.75) is 340 Å². The molecule has 0 aliphatic carbocycles. The molecule has 0 spiro atoms. The van der Waals surface area contributed by atoms with Gasteiger partial charge in [0.05, 0.1) is 31.8 Å².